The molecule has 0 saturated carbocycles. The molecule has 0 fully saturated rings. The lowest BCUT2D eigenvalue weighted by Gasteiger charge is -2.15. The fourth-order valence-electron chi connectivity index (χ4n) is 10.3. The monoisotopic (exact) mass is 1370 g/mol. The van der Waals surface area contributed by atoms with E-state index in [0.717, 1.165) is 107 Å². The zero-order chi connectivity index (χ0) is 70.0. The van der Waals surface area contributed by atoms with Crippen LogP contribution >= 0.6 is 11.3 Å². The molecule has 0 amide bonds. The highest BCUT2D eigenvalue weighted by atomic mass is 32.1. The maximum Gasteiger partial charge on any atom is 0.231 e. The molecule has 0 unspecified atom stereocenters. The predicted octanol–water partition coefficient (Wildman–Crippen LogP) is 20.8. The second-order valence-electron chi connectivity index (χ2n) is 22.2. The summed E-state index contributed by atoms with van der Waals surface area (Å²) in [6, 6.07) is 93.6. The molecule has 10 aromatic carbocycles. The summed E-state index contributed by atoms with van der Waals surface area (Å²) in [7, 11) is 0. The van der Waals surface area contributed by atoms with Crippen molar-refractivity contribution in [1.29, 1.82) is 0 Å². The van der Waals surface area contributed by atoms with Gasteiger partial charge in [0.2, 0.25) is 6.79 Å². The molecule has 506 valence electrons. The summed E-state index contributed by atoms with van der Waals surface area (Å²) < 4.78 is 27.0. The van der Waals surface area contributed by atoms with Crippen LogP contribution in [-0.4, -0.2) is 73.2 Å². The van der Waals surface area contributed by atoms with Gasteiger partial charge >= 0.3 is 0 Å². The molecule has 10 aromatic heterocycles. The van der Waals surface area contributed by atoms with Crippen LogP contribution in [-0.2, 0) is 6.42 Å². The fraction of sp³-hybridized carbons (Fsp3) is 0.0471. The van der Waals surface area contributed by atoms with Crippen LogP contribution in [0.1, 0.15) is 12.0 Å². The van der Waals surface area contributed by atoms with Crippen LogP contribution in [0, 0.1) is 0 Å². The van der Waals surface area contributed by atoms with Crippen LogP contribution in [0.4, 0.5) is 0 Å². The Morgan fingerprint density at radius 1 is 0.340 bits per heavy atom. The van der Waals surface area contributed by atoms with E-state index >= 15 is 0 Å². The number of oxazole rings is 1. The van der Waals surface area contributed by atoms with Gasteiger partial charge < -0.3 is 38.0 Å². The van der Waals surface area contributed by atoms with E-state index in [2.05, 4.69) is 108 Å². The van der Waals surface area contributed by atoms with Gasteiger partial charge in [-0.15, -0.1) is 11.3 Å². The highest BCUT2D eigenvalue weighted by molar-refractivity contribution is 7.16. The number of aromatic amines is 3. The number of pyridine rings is 2. The first-order chi connectivity index (χ1) is 51.1. The van der Waals surface area contributed by atoms with Gasteiger partial charge in [0.1, 0.15) is 28.8 Å². The lowest BCUT2D eigenvalue weighted by molar-refractivity contribution is 0.174. The summed E-state index contributed by atoms with van der Waals surface area (Å²) in [6.07, 6.45) is 21.4. The Balaban J connectivity index is 0.000000107. The Morgan fingerprint density at radius 3 is 1.60 bits per heavy atom. The number of benzene rings is 10. The molecule has 22 rings (SSSR count). The molecule has 103 heavy (non-hydrogen) atoms. The van der Waals surface area contributed by atoms with Gasteiger partial charge in [-0.1, -0.05) is 158 Å². The number of furan rings is 1. The van der Waals surface area contributed by atoms with Gasteiger partial charge in [0.25, 0.3) is 0 Å². The Labute approximate surface area is 597 Å². The van der Waals surface area contributed by atoms with E-state index in [1.807, 2.05) is 267 Å². The Morgan fingerprint density at radius 2 is 0.903 bits per heavy atom. The molecule has 3 N–H and O–H groups in total. The second-order valence-corrected chi connectivity index (χ2v) is 23.1. The van der Waals surface area contributed by atoms with E-state index in [4.69, 9.17) is 23.0 Å². The molecule has 12 heterocycles. The smallest absolute Gasteiger partial charge is 0.231 e. The van der Waals surface area contributed by atoms with E-state index in [-0.39, 0.29) is 0 Å². The minimum Gasteiger partial charge on any atom is -0.493 e. The van der Waals surface area contributed by atoms with E-state index in [9.17, 15) is 0 Å². The topological polar surface area (TPSA) is 217 Å². The molecular formula is C85H70N12O5S. The van der Waals surface area contributed by atoms with E-state index < -0.39 is 0 Å². The Kier molecular flexibility index (Phi) is 25.4. The first-order valence-electron chi connectivity index (χ1n) is 33.1. The molecule has 0 bridgehead atoms. The standard InChI is InChI=1S/C9H7N.C9H10O.2C8H6N2.C8H7N.C8H6O.2C7H6N2.C7H5NO.C7H5NS.C7H6O2/c2*1-2-6-9-8(4-1)5-3-7-10-9;1-2-4-8-7(3-1)5-9-6-10-8;1-2-4-8-7(3-1)9-5-6-10-8;2*1-2-4-8-7(3-1)5-6-9-8;1-2-6-3-5-9-7(6)8-4-1;4*1-2-4-7-6(3-1)8-5-9-7/h1-7H;1-2,4,6H,3,5,7H2;2*1-6H;1-6,9H;1-6H;2*1-5H,(H,8,9);2*1-5H;1-4H,5H2. The Bertz CT molecular complexity index is 4710. The third-order valence-corrected chi connectivity index (χ3v) is 16.2. The molecule has 2 aliphatic heterocycles. The van der Waals surface area contributed by atoms with Crippen molar-refractivity contribution in [3.05, 3.63) is 365 Å². The lowest BCUT2D eigenvalue weighted by atomic mass is 10.1. The molecule has 0 spiro atoms. The zero-order valence-electron chi connectivity index (χ0n) is 55.9. The fourth-order valence-corrected chi connectivity index (χ4v) is 10.9. The van der Waals surface area contributed by atoms with Crippen LogP contribution in [0.3, 0.4) is 0 Å². The van der Waals surface area contributed by atoms with Crippen molar-refractivity contribution in [2.24, 2.45) is 0 Å². The molecule has 17 nitrogen and oxygen atoms in total. The van der Waals surface area contributed by atoms with Crippen LogP contribution in [0.5, 0.6) is 17.2 Å². The number of aryl methyl sites for hydroxylation is 1. The number of hydrogen-bond donors (Lipinski definition) is 3. The summed E-state index contributed by atoms with van der Waals surface area (Å²) in [6.45, 7) is 1.25. The van der Waals surface area contributed by atoms with E-state index in [1.54, 1.807) is 48.8 Å². The first kappa shape index (κ1) is 69.2. The van der Waals surface area contributed by atoms with Gasteiger partial charge in [0.15, 0.2) is 23.5 Å². The van der Waals surface area contributed by atoms with Gasteiger partial charge in [-0.3, -0.25) is 15.0 Å². The number of aromatic nitrogens is 12. The number of nitrogens with zero attached hydrogens (tertiary/aromatic N) is 9. The summed E-state index contributed by atoms with van der Waals surface area (Å²) in [5.74, 6) is 2.77. The lowest BCUT2D eigenvalue weighted by Crippen LogP contribution is -2.07. The number of para-hydroxylation sites is 14. The highest BCUT2D eigenvalue weighted by Crippen LogP contribution is 2.30. The molecule has 0 atom stereocenters. The number of hydrogen-bond acceptors (Lipinski definition) is 15. The first-order valence-corrected chi connectivity index (χ1v) is 33.9. The van der Waals surface area contributed by atoms with Crippen LogP contribution in [0.15, 0.2) is 368 Å². The molecular weight excluding hydrogens is 1300 g/mol. The predicted molar refractivity (Wildman–Crippen MR) is 414 cm³/mol. The number of rotatable bonds is 0. The van der Waals surface area contributed by atoms with Crippen molar-refractivity contribution in [3.63, 3.8) is 0 Å². The van der Waals surface area contributed by atoms with Crippen LogP contribution < -0.4 is 14.2 Å². The summed E-state index contributed by atoms with van der Waals surface area (Å²) in [5.41, 5.74) is 15.3. The third-order valence-electron chi connectivity index (χ3n) is 15.3. The molecule has 20 aromatic rings. The van der Waals surface area contributed by atoms with Crippen molar-refractivity contribution >= 4 is 109 Å². The van der Waals surface area contributed by atoms with Gasteiger partial charge in [-0.25, -0.2) is 29.9 Å². The second kappa shape index (κ2) is 37.9. The number of thiazole rings is 1. The zero-order valence-corrected chi connectivity index (χ0v) is 56.7. The SMILES string of the molecule is c1ccc2[nH]ccc2c1.c1ccc2[nH]cnc2c1.c1ccc2c(c1)CCCO2.c1ccc2c(c1)OCO2.c1ccc2ncccc2c1.c1ccc2nccnc2c1.c1ccc2ncncc2c1.c1ccc2occc2c1.c1ccc2ocnc2c1.c1ccc2scnc2c1.c1cnc2[nH]ccc2c1. The van der Waals surface area contributed by atoms with E-state index in [0.29, 0.717) is 6.79 Å². The van der Waals surface area contributed by atoms with Gasteiger partial charge in [0.05, 0.1) is 68.0 Å². The van der Waals surface area contributed by atoms with Gasteiger partial charge in [-0.05, 0) is 151 Å². The van der Waals surface area contributed by atoms with Crippen LogP contribution in [0.25, 0.3) is 98.1 Å². The van der Waals surface area contributed by atoms with Crippen molar-refractivity contribution in [2.75, 3.05) is 13.4 Å². The molecule has 0 saturated heterocycles. The summed E-state index contributed by atoms with van der Waals surface area (Å²) in [4.78, 5) is 45.8. The quantitative estimate of drug-likeness (QED) is 0.129. The number of ether oxygens (including phenoxy) is 3. The largest absolute Gasteiger partial charge is 0.493 e. The summed E-state index contributed by atoms with van der Waals surface area (Å²) in [5, 5.41) is 5.89. The molecule has 0 aliphatic carbocycles. The number of H-pyrrole nitrogens is 3. The van der Waals surface area contributed by atoms with Crippen LogP contribution in [0.2, 0.25) is 0 Å². The average molecular weight is 1370 g/mol. The average Bonchev–Trinajstić information content (AvgIpc) is 1.64. The normalized spacial score (nSPS) is 11.0. The minimum atomic E-state index is 0.360. The molecule has 2 aliphatic rings. The summed E-state index contributed by atoms with van der Waals surface area (Å²) >= 11 is 1.68. The number of imidazole rings is 1. The maximum atomic E-state index is 5.42. The minimum absolute atomic E-state index is 0.360. The molecule has 0 radical (unpaired) electrons. The Hall–Kier alpha value is -13.7. The van der Waals surface area contributed by atoms with E-state index in [1.165, 1.54) is 39.4 Å². The maximum absolute atomic E-state index is 5.42. The van der Waals surface area contributed by atoms with Gasteiger partial charge in [0, 0.05) is 70.4 Å². The molecule has 18 heteroatoms. The number of nitrogens with one attached hydrogen (secondary N) is 3. The number of fused-ring (bicyclic) bond motifs is 11. The van der Waals surface area contributed by atoms with Crippen molar-refractivity contribution in [2.45, 2.75) is 12.8 Å². The van der Waals surface area contributed by atoms with Gasteiger partial charge in [-0.2, -0.15) is 0 Å². The van der Waals surface area contributed by atoms with Crippen molar-refractivity contribution in [3.8, 4) is 17.2 Å². The highest BCUT2D eigenvalue weighted by Gasteiger charge is 2.10. The third kappa shape index (κ3) is 20.9. The van der Waals surface area contributed by atoms with Crippen molar-refractivity contribution in [1.82, 2.24) is 59.8 Å². The van der Waals surface area contributed by atoms with Crippen molar-refractivity contribution < 1.29 is 23.0 Å².